The van der Waals surface area contributed by atoms with Crippen molar-refractivity contribution in [3.05, 3.63) is 35.6 Å². The van der Waals surface area contributed by atoms with Gasteiger partial charge in [0.25, 0.3) is 5.91 Å². The van der Waals surface area contributed by atoms with E-state index < -0.39 is 0 Å². The number of piperidine rings is 1. The maximum atomic E-state index is 12.9. The fourth-order valence-corrected chi connectivity index (χ4v) is 3.23. The summed E-state index contributed by atoms with van der Waals surface area (Å²) in [5.74, 6) is -0.177. The van der Waals surface area contributed by atoms with E-state index >= 15 is 0 Å². The Morgan fingerprint density at radius 2 is 1.67 bits per heavy atom. The summed E-state index contributed by atoms with van der Waals surface area (Å²) in [4.78, 5) is 28.5. The first-order chi connectivity index (χ1) is 11.1. The maximum absolute atomic E-state index is 12.9. The van der Waals surface area contributed by atoms with Gasteiger partial charge in [-0.15, -0.1) is 12.4 Å². The van der Waals surface area contributed by atoms with E-state index in [0.29, 0.717) is 31.7 Å². The molecular weight excluding hydrogens is 333 g/mol. The van der Waals surface area contributed by atoms with Crippen LogP contribution in [0.3, 0.4) is 0 Å². The summed E-state index contributed by atoms with van der Waals surface area (Å²) in [5, 5.41) is 3.27. The van der Waals surface area contributed by atoms with E-state index in [1.54, 1.807) is 4.90 Å². The maximum Gasteiger partial charge on any atom is 0.253 e. The van der Waals surface area contributed by atoms with Crippen molar-refractivity contribution in [3.63, 3.8) is 0 Å². The van der Waals surface area contributed by atoms with E-state index in [4.69, 9.17) is 0 Å². The summed E-state index contributed by atoms with van der Waals surface area (Å²) in [5.41, 5.74) is 0.489. The Labute approximate surface area is 147 Å². The van der Waals surface area contributed by atoms with Crippen molar-refractivity contribution in [2.75, 3.05) is 39.3 Å². The number of benzene rings is 1. The van der Waals surface area contributed by atoms with Gasteiger partial charge >= 0.3 is 0 Å². The summed E-state index contributed by atoms with van der Waals surface area (Å²) in [6, 6.07) is 5.60. The average Bonchev–Trinajstić information content (AvgIpc) is 2.62. The first kappa shape index (κ1) is 18.7. The van der Waals surface area contributed by atoms with Crippen molar-refractivity contribution in [1.82, 2.24) is 15.1 Å². The molecule has 1 atom stereocenters. The molecule has 2 aliphatic rings. The van der Waals surface area contributed by atoms with Gasteiger partial charge in [-0.2, -0.15) is 0 Å². The van der Waals surface area contributed by atoms with Crippen LogP contribution in [0.1, 0.15) is 23.2 Å². The van der Waals surface area contributed by atoms with Crippen LogP contribution in [0, 0.1) is 11.7 Å². The Balaban J connectivity index is 0.00000208. The topological polar surface area (TPSA) is 52.7 Å². The van der Waals surface area contributed by atoms with E-state index in [9.17, 15) is 14.0 Å². The molecule has 0 aromatic heterocycles. The van der Waals surface area contributed by atoms with Crippen molar-refractivity contribution in [2.45, 2.75) is 12.8 Å². The molecule has 0 bridgehead atoms. The second kappa shape index (κ2) is 8.44. The number of carbonyl (C=O) groups is 2. The molecule has 1 unspecified atom stereocenters. The third-order valence-corrected chi connectivity index (χ3v) is 4.62. The number of hydrogen-bond acceptors (Lipinski definition) is 3. The third-order valence-electron chi connectivity index (χ3n) is 4.62. The van der Waals surface area contributed by atoms with Crippen LogP contribution in [0.5, 0.6) is 0 Å². The van der Waals surface area contributed by atoms with Crippen LogP contribution in [-0.4, -0.2) is 60.9 Å². The molecular formula is C17H23ClFN3O2. The van der Waals surface area contributed by atoms with Crippen molar-refractivity contribution in [2.24, 2.45) is 5.92 Å². The summed E-state index contributed by atoms with van der Waals surface area (Å²) < 4.78 is 12.9. The lowest BCUT2D eigenvalue weighted by molar-refractivity contribution is -0.137. The van der Waals surface area contributed by atoms with Gasteiger partial charge in [0.2, 0.25) is 5.91 Å². The smallest absolute Gasteiger partial charge is 0.253 e. The zero-order valence-corrected chi connectivity index (χ0v) is 14.4. The highest BCUT2D eigenvalue weighted by molar-refractivity contribution is 5.94. The quantitative estimate of drug-likeness (QED) is 0.875. The third kappa shape index (κ3) is 4.24. The first-order valence-electron chi connectivity index (χ1n) is 8.19. The molecule has 3 rings (SSSR count). The minimum absolute atomic E-state index is 0. The van der Waals surface area contributed by atoms with Gasteiger partial charge in [-0.3, -0.25) is 9.59 Å². The summed E-state index contributed by atoms with van der Waals surface area (Å²) in [6.45, 7) is 3.95. The van der Waals surface area contributed by atoms with Crippen molar-refractivity contribution >= 4 is 24.2 Å². The molecule has 2 heterocycles. The SMILES string of the molecule is Cl.O=C(c1ccc(F)cc1)N1CCN(C(=O)C2CCCNC2)CC1. The molecule has 5 nitrogen and oxygen atoms in total. The van der Waals surface area contributed by atoms with E-state index in [1.165, 1.54) is 24.3 Å². The molecule has 2 fully saturated rings. The highest BCUT2D eigenvalue weighted by Gasteiger charge is 2.29. The highest BCUT2D eigenvalue weighted by Crippen LogP contribution is 2.16. The van der Waals surface area contributed by atoms with E-state index in [1.807, 2.05) is 4.90 Å². The van der Waals surface area contributed by atoms with Crippen LogP contribution in [0.15, 0.2) is 24.3 Å². The minimum atomic E-state index is -0.349. The molecule has 1 aromatic rings. The Kier molecular flexibility index (Phi) is 6.57. The van der Waals surface area contributed by atoms with Gasteiger partial charge in [-0.05, 0) is 43.7 Å². The predicted molar refractivity (Wildman–Crippen MR) is 91.7 cm³/mol. The normalized spacial score (nSPS) is 21.1. The Hall–Kier alpha value is -1.66. The monoisotopic (exact) mass is 355 g/mol. The number of nitrogens with zero attached hydrogens (tertiary/aromatic N) is 2. The van der Waals surface area contributed by atoms with Gasteiger partial charge in [0.05, 0.1) is 5.92 Å². The van der Waals surface area contributed by atoms with Gasteiger partial charge in [-0.25, -0.2) is 4.39 Å². The Morgan fingerprint density at radius 3 is 2.25 bits per heavy atom. The Morgan fingerprint density at radius 1 is 1.04 bits per heavy atom. The number of nitrogens with one attached hydrogen (secondary N) is 1. The lowest BCUT2D eigenvalue weighted by Crippen LogP contribution is -2.53. The Bertz CT molecular complexity index is 568. The molecule has 2 saturated heterocycles. The number of piperazine rings is 1. The average molecular weight is 356 g/mol. The number of carbonyl (C=O) groups excluding carboxylic acids is 2. The second-order valence-electron chi connectivity index (χ2n) is 6.17. The van der Waals surface area contributed by atoms with Crippen LogP contribution in [0.25, 0.3) is 0 Å². The van der Waals surface area contributed by atoms with Crippen LogP contribution in [0.2, 0.25) is 0 Å². The molecule has 2 aliphatic heterocycles. The van der Waals surface area contributed by atoms with Gasteiger partial charge in [0.15, 0.2) is 0 Å². The number of halogens is 2. The van der Waals surface area contributed by atoms with Crippen LogP contribution >= 0.6 is 12.4 Å². The van der Waals surface area contributed by atoms with E-state index in [-0.39, 0.29) is 36.0 Å². The van der Waals surface area contributed by atoms with Crippen LogP contribution < -0.4 is 5.32 Å². The molecule has 0 spiro atoms. The molecule has 24 heavy (non-hydrogen) atoms. The lowest BCUT2D eigenvalue weighted by Gasteiger charge is -2.37. The van der Waals surface area contributed by atoms with E-state index in [2.05, 4.69) is 5.32 Å². The predicted octanol–water partition coefficient (Wildman–Crippen LogP) is 1.53. The van der Waals surface area contributed by atoms with Crippen molar-refractivity contribution in [1.29, 1.82) is 0 Å². The van der Waals surface area contributed by atoms with Gasteiger partial charge in [-0.1, -0.05) is 0 Å². The molecule has 0 aliphatic carbocycles. The molecule has 1 aromatic carbocycles. The fourth-order valence-electron chi connectivity index (χ4n) is 3.23. The van der Waals surface area contributed by atoms with Crippen LogP contribution in [-0.2, 0) is 4.79 Å². The summed E-state index contributed by atoms with van der Waals surface area (Å²) in [7, 11) is 0. The zero-order chi connectivity index (χ0) is 16.2. The fraction of sp³-hybridized carbons (Fsp3) is 0.529. The summed E-state index contributed by atoms with van der Waals surface area (Å²) >= 11 is 0. The van der Waals surface area contributed by atoms with Crippen LogP contribution in [0.4, 0.5) is 4.39 Å². The lowest BCUT2D eigenvalue weighted by atomic mass is 9.98. The van der Waals surface area contributed by atoms with E-state index in [0.717, 1.165) is 25.9 Å². The molecule has 7 heteroatoms. The number of amides is 2. The number of rotatable bonds is 2. The molecule has 2 amide bonds. The zero-order valence-electron chi connectivity index (χ0n) is 13.5. The number of hydrogen-bond donors (Lipinski definition) is 1. The molecule has 0 saturated carbocycles. The summed E-state index contributed by atoms with van der Waals surface area (Å²) in [6.07, 6.45) is 1.99. The largest absolute Gasteiger partial charge is 0.339 e. The highest BCUT2D eigenvalue weighted by atomic mass is 35.5. The first-order valence-corrected chi connectivity index (χ1v) is 8.19. The molecule has 132 valence electrons. The van der Waals surface area contributed by atoms with Gasteiger partial charge in [0, 0.05) is 38.3 Å². The second-order valence-corrected chi connectivity index (χ2v) is 6.17. The van der Waals surface area contributed by atoms with Crippen molar-refractivity contribution in [3.8, 4) is 0 Å². The standard InChI is InChI=1S/C17H22FN3O2.ClH/c18-15-5-3-13(4-6-15)16(22)20-8-10-21(11-9-20)17(23)14-2-1-7-19-12-14;/h3-6,14,19H,1-2,7-12H2;1H. The minimum Gasteiger partial charge on any atom is -0.339 e. The molecule has 0 radical (unpaired) electrons. The van der Waals surface area contributed by atoms with Crippen molar-refractivity contribution < 1.29 is 14.0 Å². The van der Waals surface area contributed by atoms with Gasteiger partial charge in [0.1, 0.15) is 5.82 Å². The molecule has 1 N–H and O–H groups in total. The van der Waals surface area contributed by atoms with Gasteiger partial charge < -0.3 is 15.1 Å².